The van der Waals surface area contributed by atoms with Crippen molar-refractivity contribution in [1.82, 2.24) is 0 Å². The number of carboxylic acid groups (broad SMARTS) is 1. The van der Waals surface area contributed by atoms with Crippen molar-refractivity contribution in [3.63, 3.8) is 0 Å². The molecule has 1 aromatic rings. The Morgan fingerprint density at radius 1 is 1.19 bits per heavy atom. The van der Waals surface area contributed by atoms with Gasteiger partial charge in [0.1, 0.15) is 5.75 Å². The number of carbonyl (C=O) groups is 2. The van der Waals surface area contributed by atoms with E-state index in [4.69, 9.17) is 14.6 Å². The first kappa shape index (κ1) is 16.8. The molecule has 114 valence electrons. The van der Waals surface area contributed by atoms with Crippen LogP contribution in [0.5, 0.6) is 5.75 Å². The van der Waals surface area contributed by atoms with E-state index in [-0.39, 0.29) is 6.42 Å². The highest BCUT2D eigenvalue weighted by atomic mass is 16.5. The van der Waals surface area contributed by atoms with Gasteiger partial charge in [0.05, 0.1) is 13.2 Å². The van der Waals surface area contributed by atoms with E-state index in [1.807, 2.05) is 12.1 Å². The molecule has 21 heavy (non-hydrogen) atoms. The van der Waals surface area contributed by atoms with Crippen molar-refractivity contribution in [3.05, 3.63) is 42.0 Å². The molecule has 0 spiro atoms. The third kappa shape index (κ3) is 7.15. The Bertz CT molecular complexity index is 490. The molecule has 1 rings (SSSR count). The molecule has 5 nitrogen and oxygen atoms in total. The first-order chi connectivity index (χ1) is 9.99. The Kier molecular flexibility index (Phi) is 7.01. The standard InChI is InChI=1S/C16H20O5/c1-12(2)16(19)21-11-3-10-20-14-7-4-13(5-8-14)6-9-15(17)18/h4-5,7-8H,1,3,6,9-11H2,2H3,(H,17,18). The number of aryl methyl sites for hydroxylation is 1. The molecule has 0 heterocycles. The van der Waals surface area contributed by atoms with Crippen LogP contribution >= 0.6 is 0 Å². The number of carboxylic acids is 1. The van der Waals surface area contributed by atoms with Gasteiger partial charge in [-0.3, -0.25) is 4.79 Å². The van der Waals surface area contributed by atoms with Gasteiger partial charge in [0.2, 0.25) is 0 Å². The monoisotopic (exact) mass is 292 g/mol. The van der Waals surface area contributed by atoms with E-state index >= 15 is 0 Å². The van der Waals surface area contributed by atoms with Crippen LogP contribution in [0.2, 0.25) is 0 Å². The van der Waals surface area contributed by atoms with Crippen LogP contribution in [0.15, 0.2) is 36.4 Å². The van der Waals surface area contributed by atoms with E-state index in [2.05, 4.69) is 6.58 Å². The second kappa shape index (κ2) is 8.79. The molecular weight excluding hydrogens is 272 g/mol. The fourth-order valence-corrected chi connectivity index (χ4v) is 1.54. The van der Waals surface area contributed by atoms with Crippen LogP contribution in [0.1, 0.15) is 25.3 Å². The molecule has 0 saturated heterocycles. The number of esters is 1. The quantitative estimate of drug-likeness (QED) is 0.430. The van der Waals surface area contributed by atoms with Gasteiger partial charge in [-0.15, -0.1) is 0 Å². The summed E-state index contributed by atoms with van der Waals surface area (Å²) in [5.41, 5.74) is 1.34. The van der Waals surface area contributed by atoms with Crippen molar-refractivity contribution in [3.8, 4) is 5.75 Å². The summed E-state index contributed by atoms with van der Waals surface area (Å²) in [6.45, 7) is 5.83. The summed E-state index contributed by atoms with van der Waals surface area (Å²) < 4.78 is 10.4. The normalized spacial score (nSPS) is 9.95. The molecule has 5 heteroatoms. The van der Waals surface area contributed by atoms with Gasteiger partial charge >= 0.3 is 11.9 Å². The zero-order chi connectivity index (χ0) is 15.7. The van der Waals surface area contributed by atoms with E-state index in [0.29, 0.717) is 37.4 Å². The molecule has 0 aliphatic heterocycles. The van der Waals surface area contributed by atoms with Crippen molar-refractivity contribution in [2.45, 2.75) is 26.2 Å². The minimum atomic E-state index is -0.806. The minimum Gasteiger partial charge on any atom is -0.493 e. The summed E-state index contributed by atoms with van der Waals surface area (Å²) in [4.78, 5) is 21.6. The van der Waals surface area contributed by atoms with Crippen LogP contribution < -0.4 is 4.74 Å². The summed E-state index contributed by atoms with van der Waals surface area (Å²) in [6, 6.07) is 7.30. The smallest absolute Gasteiger partial charge is 0.333 e. The van der Waals surface area contributed by atoms with Crippen molar-refractivity contribution in [2.24, 2.45) is 0 Å². The highest BCUT2D eigenvalue weighted by Crippen LogP contribution is 2.13. The molecule has 0 aromatic heterocycles. The van der Waals surface area contributed by atoms with Crippen molar-refractivity contribution in [1.29, 1.82) is 0 Å². The van der Waals surface area contributed by atoms with Crippen LogP contribution in [0.3, 0.4) is 0 Å². The van der Waals surface area contributed by atoms with Crippen LogP contribution in [-0.4, -0.2) is 30.3 Å². The fraction of sp³-hybridized carbons (Fsp3) is 0.375. The number of carbonyl (C=O) groups excluding carboxylic acids is 1. The summed E-state index contributed by atoms with van der Waals surface area (Å²) in [6.07, 6.45) is 1.22. The molecule has 0 unspecified atom stereocenters. The number of hydrogen-bond acceptors (Lipinski definition) is 4. The van der Waals surface area contributed by atoms with E-state index in [1.54, 1.807) is 19.1 Å². The van der Waals surface area contributed by atoms with Gasteiger partial charge in [0, 0.05) is 18.4 Å². The molecule has 0 amide bonds. The average molecular weight is 292 g/mol. The second-order valence-corrected chi connectivity index (χ2v) is 4.66. The zero-order valence-corrected chi connectivity index (χ0v) is 12.1. The largest absolute Gasteiger partial charge is 0.493 e. The van der Waals surface area contributed by atoms with Crippen LogP contribution in [-0.2, 0) is 20.7 Å². The SMILES string of the molecule is C=C(C)C(=O)OCCCOc1ccc(CCC(=O)O)cc1. The number of rotatable bonds is 9. The molecule has 0 radical (unpaired) electrons. The summed E-state index contributed by atoms with van der Waals surface area (Å²) in [7, 11) is 0. The van der Waals surface area contributed by atoms with E-state index < -0.39 is 11.9 Å². The first-order valence-corrected chi connectivity index (χ1v) is 6.75. The summed E-state index contributed by atoms with van der Waals surface area (Å²) in [5, 5.41) is 8.60. The maximum atomic E-state index is 11.1. The lowest BCUT2D eigenvalue weighted by Gasteiger charge is -2.07. The Labute approximate surface area is 124 Å². The first-order valence-electron chi connectivity index (χ1n) is 6.75. The lowest BCUT2D eigenvalue weighted by Crippen LogP contribution is -2.09. The zero-order valence-electron chi connectivity index (χ0n) is 12.1. The lowest BCUT2D eigenvalue weighted by molar-refractivity contribution is -0.139. The highest BCUT2D eigenvalue weighted by Gasteiger charge is 2.03. The number of aliphatic carboxylic acids is 1. The Morgan fingerprint density at radius 2 is 1.86 bits per heavy atom. The Morgan fingerprint density at radius 3 is 2.43 bits per heavy atom. The molecule has 0 aliphatic rings. The van der Waals surface area contributed by atoms with Crippen LogP contribution in [0, 0.1) is 0 Å². The fourth-order valence-electron chi connectivity index (χ4n) is 1.54. The summed E-state index contributed by atoms with van der Waals surface area (Å²) >= 11 is 0. The predicted molar refractivity (Wildman–Crippen MR) is 78.3 cm³/mol. The third-order valence-corrected chi connectivity index (χ3v) is 2.69. The second-order valence-electron chi connectivity index (χ2n) is 4.66. The average Bonchev–Trinajstić information content (AvgIpc) is 2.45. The molecule has 0 bridgehead atoms. The maximum absolute atomic E-state index is 11.1. The van der Waals surface area contributed by atoms with Gasteiger partial charge in [-0.05, 0) is 31.0 Å². The molecular formula is C16H20O5. The van der Waals surface area contributed by atoms with Crippen molar-refractivity contribution >= 4 is 11.9 Å². The number of ether oxygens (including phenoxy) is 2. The van der Waals surface area contributed by atoms with Gasteiger partial charge in [-0.2, -0.15) is 0 Å². The van der Waals surface area contributed by atoms with Crippen molar-refractivity contribution in [2.75, 3.05) is 13.2 Å². The minimum absolute atomic E-state index is 0.119. The van der Waals surface area contributed by atoms with E-state index in [1.165, 1.54) is 0 Å². The molecule has 1 N–H and O–H groups in total. The Balaban J connectivity index is 2.22. The topological polar surface area (TPSA) is 72.8 Å². The number of hydrogen-bond donors (Lipinski definition) is 1. The molecule has 1 aromatic carbocycles. The highest BCUT2D eigenvalue weighted by molar-refractivity contribution is 5.86. The third-order valence-electron chi connectivity index (χ3n) is 2.69. The summed E-state index contributed by atoms with van der Waals surface area (Å²) in [5.74, 6) is -0.488. The molecule has 0 saturated carbocycles. The predicted octanol–water partition coefficient (Wildman–Crippen LogP) is 2.59. The van der Waals surface area contributed by atoms with E-state index in [0.717, 1.165) is 5.56 Å². The van der Waals surface area contributed by atoms with Gasteiger partial charge in [-0.1, -0.05) is 18.7 Å². The van der Waals surface area contributed by atoms with Crippen molar-refractivity contribution < 1.29 is 24.2 Å². The molecule has 0 aliphatic carbocycles. The van der Waals surface area contributed by atoms with Gasteiger partial charge < -0.3 is 14.6 Å². The lowest BCUT2D eigenvalue weighted by atomic mass is 10.1. The van der Waals surface area contributed by atoms with Gasteiger partial charge in [0.25, 0.3) is 0 Å². The number of benzene rings is 1. The van der Waals surface area contributed by atoms with Crippen LogP contribution in [0.25, 0.3) is 0 Å². The maximum Gasteiger partial charge on any atom is 0.333 e. The van der Waals surface area contributed by atoms with Gasteiger partial charge in [-0.25, -0.2) is 4.79 Å². The molecule has 0 fully saturated rings. The Hall–Kier alpha value is -2.30. The van der Waals surface area contributed by atoms with Crippen LogP contribution in [0.4, 0.5) is 0 Å². The molecule has 0 atom stereocenters. The van der Waals surface area contributed by atoms with E-state index in [9.17, 15) is 9.59 Å². The van der Waals surface area contributed by atoms with Gasteiger partial charge in [0.15, 0.2) is 0 Å².